The Morgan fingerprint density at radius 1 is 1.50 bits per heavy atom. The van der Waals surface area contributed by atoms with Crippen molar-refractivity contribution in [3.8, 4) is 0 Å². The fraction of sp³-hybridized carbons (Fsp3) is 0.600. The molecule has 0 aliphatic rings. The predicted octanol–water partition coefficient (Wildman–Crippen LogP) is 1.78. The zero-order chi connectivity index (χ0) is 15.0. The molecule has 1 aromatic heterocycles. The van der Waals surface area contributed by atoms with Crippen molar-refractivity contribution in [3.63, 3.8) is 0 Å². The predicted molar refractivity (Wildman–Crippen MR) is 79.6 cm³/mol. The van der Waals surface area contributed by atoms with E-state index in [2.05, 4.69) is 15.6 Å². The molecule has 0 fully saturated rings. The van der Waals surface area contributed by atoms with Gasteiger partial charge in [-0.1, -0.05) is 13.3 Å². The molecule has 0 aliphatic carbocycles. The lowest BCUT2D eigenvalue weighted by Gasteiger charge is -2.28. The van der Waals surface area contributed by atoms with Gasteiger partial charge in [0.05, 0.1) is 12.1 Å². The van der Waals surface area contributed by atoms with Gasteiger partial charge in [0.2, 0.25) is 0 Å². The quantitative estimate of drug-likeness (QED) is 0.712. The molecule has 0 aliphatic heterocycles. The molecule has 20 heavy (non-hydrogen) atoms. The van der Waals surface area contributed by atoms with E-state index in [1.54, 1.807) is 6.20 Å². The number of urea groups is 1. The number of aliphatic hydroxyl groups is 1. The highest BCUT2D eigenvalue weighted by Crippen LogP contribution is 2.10. The highest BCUT2D eigenvalue weighted by molar-refractivity contribution is 5.74. The Morgan fingerprint density at radius 3 is 2.85 bits per heavy atom. The van der Waals surface area contributed by atoms with Gasteiger partial charge in [0.1, 0.15) is 0 Å². The van der Waals surface area contributed by atoms with Crippen LogP contribution >= 0.6 is 0 Å². The molecule has 1 heterocycles. The number of hydrogen-bond acceptors (Lipinski definition) is 3. The lowest BCUT2D eigenvalue weighted by atomic mass is 9.98. The van der Waals surface area contributed by atoms with Crippen LogP contribution in [0.5, 0.6) is 0 Å². The Bertz CT molecular complexity index is 437. The first-order valence-corrected chi connectivity index (χ1v) is 7.07. The number of carbonyl (C=O) groups excluding carboxylic acids is 1. The van der Waals surface area contributed by atoms with Crippen molar-refractivity contribution in [2.24, 2.45) is 0 Å². The van der Waals surface area contributed by atoms with Gasteiger partial charge in [0.25, 0.3) is 0 Å². The van der Waals surface area contributed by atoms with Crippen LogP contribution in [0.2, 0.25) is 0 Å². The van der Waals surface area contributed by atoms with E-state index >= 15 is 0 Å². The molecule has 0 radical (unpaired) electrons. The number of pyridine rings is 1. The van der Waals surface area contributed by atoms with Crippen molar-refractivity contribution in [2.75, 3.05) is 13.2 Å². The minimum absolute atomic E-state index is 0.0578. The Labute approximate surface area is 120 Å². The van der Waals surface area contributed by atoms with Crippen LogP contribution in [-0.2, 0) is 6.42 Å². The lowest BCUT2D eigenvalue weighted by molar-refractivity contribution is 0.163. The highest BCUT2D eigenvalue weighted by Gasteiger charge is 2.24. The molecule has 0 saturated carbocycles. The topological polar surface area (TPSA) is 74.2 Å². The number of aromatic nitrogens is 1. The van der Waals surface area contributed by atoms with Crippen LogP contribution in [0.3, 0.4) is 0 Å². The maximum absolute atomic E-state index is 11.8. The summed E-state index contributed by atoms with van der Waals surface area (Å²) in [6.07, 6.45) is 6.01. The van der Waals surface area contributed by atoms with Gasteiger partial charge in [0.15, 0.2) is 0 Å². The van der Waals surface area contributed by atoms with Crippen LogP contribution in [0.1, 0.15) is 37.8 Å². The molecule has 0 spiro atoms. The minimum Gasteiger partial charge on any atom is -0.394 e. The monoisotopic (exact) mass is 279 g/mol. The zero-order valence-corrected chi connectivity index (χ0v) is 12.6. The molecule has 0 saturated heterocycles. The van der Waals surface area contributed by atoms with Crippen molar-refractivity contribution in [1.82, 2.24) is 15.6 Å². The molecule has 2 amide bonds. The number of carbonyl (C=O) groups is 1. The summed E-state index contributed by atoms with van der Waals surface area (Å²) in [4.78, 5) is 15.9. The molecule has 1 rings (SSSR count). The first kappa shape index (κ1) is 16.4. The number of aliphatic hydroxyl groups excluding tert-OH is 1. The van der Waals surface area contributed by atoms with E-state index in [0.29, 0.717) is 6.54 Å². The van der Waals surface area contributed by atoms with Crippen LogP contribution in [0.25, 0.3) is 0 Å². The Morgan fingerprint density at radius 2 is 2.25 bits per heavy atom. The van der Waals surface area contributed by atoms with Gasteiger partial charge < -0.3 is 15.7 Å². The number of amides is 2. The molecule has 0 aromatic carbocycles. The lowest BCUT2D eigenvalue weighted by Crippen LogP contribution is -2.52. The normalized spacial score (nSPS) is 13.6. The Kier molecular flexibility index (Phi) is 6.45. The molecule has 5 heteroatoms. The first-order valence-electron chi connectivity index (χ1n) is 7.07. The van der Waals surface area contributed by atoms with E-state index < -0.39 is 5.54 Å². The molecule has 1 atom stereocenters. The van der Waals surface area contributed by atoms with Gasteiger partial charge in [-0.3, -0.25) is 4.98 Å². The van der Waals surface area contributed by atoms with Gasteiger partial charge in [-0.2, -0.15) is 0 Å². The second-order valence-electron chi connectivity index (χ2n) is 5.40. The maximum Gasteiger partial charge on any atom is 0.315 e. The van der Waals surface area contributed by atoms with Crippen LogP contribution in [0, 0.1) is 6.92 Å². The number of hydrogen-bond donors (Lipinski definition) is 3. The minimum atomic E-state index is -0.550. The van der Waals surface area contributed by atoms with E-state index in [9.17, 15) is 9.90 Å². The van der Waals surface area contributed by atoms with E-state index in [1.807, 2.05) is 33.0 Å². The number of rotatable bonds is 7. The summed E-state index contributed by atoms with van der Waals surface area (Å²) in [5.41, 5.74) is 1.76. The standard InChI is InChI=1S/C15H25N3O2/c1-4-7-15(3,11-19)18-14(20)17-9-6-13-5-8-16-10-12(13)2/h5,8,10,19H,4,6-7,9,11H2,1-3H3,(H2,17,18,20). The van der Waals surface area contributed by atoms with E-state index in [-0.39, 0.29) is 12.6 Å². The van der Waals surface area contributed by atoms with Gasteiger partial charge in [-0.05, 0) is 43.9 Å². The third-order valence-electron chi connectivity index (χ3n) is 3.38. The number of aryl methyl sites for hydroxylation is 1. The molecule has 1 unspecified atom stereocenters. The summed E-state index contributed by atoms with van der Waals surface area (Å²) < 4.78 is 0. The molecule has 5 nitrogen and oxygen atoms in total. The van der Waals surface area contributed by atoms with Crippen LogP contribution < -0.4 is 10.6 Å². The number of nitrogens with zero attached hydrogens (tertiary/aromatic N) is 1. The molecular weight excluding hydrogens is 254 g/mol. The molecular formula is C15H25N3O2. The van der Waals surface area contributed by atoms with Crippen LogP contribution in [-0.4, -0.2) is 34.8 Å². The summed E-state index contributed by atoms with van der Waals surface area (Å²) >= 11 is 0. The summed E-state index contributed by atoms with van der Waals surface area (Å²) in [5, 5.41) is 15.0. The van der Waals surface area contributed by atoms with Crippen molar-refractivity contribution in [1.29, 1.82) is 0 Å². The van der Waals surface area contributed by atoms with Crippen molar-refractivity contribution >= 4 is 6.03 Å². The number of nitrogens with one attached hydrogen (secondary N) is 2. The second-order valence-corrected chi connectivity index (χ2v) is 5.40. The van der Waals surface area contributed by atoms with Gasteiger partial charge in [0, 0.05) is 18.9 Å². The van der Waals surface area contributed by atoms with Crippen molar-refractivity contribution in [2.45, 2.75) is 45.6 Å². The fourth-order valence-electron chi connectivity index (χ4n) is 2.14. The van der Waals surface area contributed by atoms with Crippen molar-refractivity contribution in [3.05, 3.63) is 29.6 Å². The molecule has 0 bridgehead atoms. The molecule has 1 aromatic rings. The third-order valence-corrected chi connectivity index (χ3v) is 3.38. The van der Waals surface area contributed by atoms with Crippen molar-refractivity contribution < 1.29 is 9.90 Å². The van der Waals surface area contributed by atoms with Gasteiger partial charge in [-0.25, -0.2) is 4.79 Å². The SMILES string of the molecule is CCCC(C)(CO)NC(=O)NCCc1ccncc1C. The largest absolute Gasteiger partial charge is 0.394 e. The first-order chi connectivity index (χ1) is 9.50. The maximum atomic E-state index is 11.8. The van der Waals surface area contributed by atoms with Gasteiger partial charge in [-0.15, -0.1) is 0 Å². The summed E-state index contributed by atoms with van der Waals surface area (Å²) in [6, 6.07) is 1.73. The fourth-order valence-corrected chi connectivity index (χ4v) is 2.14. The highest BCUT2D eigenvalue weighted by atomic mass is 16.3. The van der Waals surface area contributed by atoms with Crippen LogP contribution in [0.4, 0.5) is 4.79 Å². The Balaban J connectivity index is 2.38. The zero-order valence-electron chi connectivity index (χ0n) is 12.6. The van der Waals surface area contributed by atoms with Crippen LogP contribution in [0.15, 0.2) is 18.5 Å². The second kappa shape index (κ2) is 7.85. The molecule has 3 N–H and O–H groups in total. The Hall–Kier alpha value is -1.62. The van der Waals surface area contributed by atoms with E-state index in [0.717, 1.165) is 24.8 Å². The average molecular weight is 279 g/mol. The van der Waals surface area contributed by atoms with E-state index in [4.69, 9.17) is 0 Å². The van der Waals surface area contributed by atoms with Gasteiger partial charge >= 0.3 is 6.03 Å². The third kappa shape index (κ3) is 5.17. The average Bonchev–Trinajstić information content (AvgIpc) is 2.41. The summed E-state index contributed by atoms with van der Waals surface area (Å²) in [6.45, 7) is 6.39. The molecule has 112 valence electrons. The summed E-state index contributed by atoms with van der Waals surface area (Å²) in [7, 11) is 0. The summed E-state index contributed by atoms with van der Waals surface area (Å²) in [5.74, 6) is 0. The smallest absolute Gasteiger partial charge is 0.315 e. The van der Waals surface area contributed by atoms with E-state index in [1.165, 1.54) is 5.56 Å².